The van der Waals surface area contributed by atoms with Gasteiger partial charge in [-0.05, 0) is 49.2 Å². The number of hydrogen-bond donors (Lipinski definition) is 2. The van der Waals surface area contributed by atoms with Gasteiger partial charge in [0.15, 0.2) is 0 Å². The van der Waals surface area contributed by atoms with Gasteiger partial charge in [-0.25, -0.2) is 0 Å². The minimum atomic E-state index is -0.104. The summed E-state index contributed by atoms with van der Waals surface area (Å²) in [5.41, 5.74) is 4.03. The number of benzene rings is 2. The van der Waals surface area contributed by atoms with Crippen molar-refractivity contribution in [1.82, 2.24) is 0 Å². The van der Waals surface area contributed by atoms with Gasteiger partial charge < -0.3 is 10.6 Å². The van der Waals surface area contributed by atoms with Crippen LogP contribution in [0.1, 0.15) is 11.1 Å². The van der Waals surface area contributed by atoms with Crippen LogP contribution in [0.2, 0.25) is 5.02 Å². The predicted molar refractivity (Wildman–Crippen MR) is 84.5 cm³/mol. The van der Waals surface area contributed by atoms with E-state index in [0.29, 0.717) is 10.7 Å². The Morgan fingerprint density at radius 3 is 2.65 bits per heavy atom. The van der Waals surface area contributed by atoms with Crippen LogP contribution in [0.15, 0.2) is 42.5 Å². The van der Waals surface area contributed by atoms with Crippen LogP contribution in [0.5, 0.6) is 0 Å². The molecule has 0 aliphatic carbocycles. The van der Waals surface area contributed by atoms with Crippen molar-refractivity contribution in [1.29, 1.82) is 0 Å². The molecular weight excluding hydrogens is 272 g/mol. The average molecular weight is 289 g/mol. The fraction of sp³-hybridized carbons (Fsp3) is 0.188. The van der Waals surface area contributed by atoms with Gasteiger partial charge in [0, 0.05) is 16.4 Å². The summed E-state index contributed by atoms with van der Waals surface area (Å²) in [4.78, 5) is 11.9. The molecule has 2 aromatic carbocycles. The van der Waals surface area contributed by atoms with Gasteiger partial charge in [-0.2, -0.15) is 0 Å². The van der Waals surface area contributed by atoms with E-state index in [2.05, 4.69) is 10.6 Å². The Balaban J connectivity index is 1.94. The molecular formula is C16H17ClN2O. The Bertz CT molecular complexity index is 626. The molecule has 0 radical (unpaired) electrons. The first-order chi connectivity index (χ1) is 9.56. The molecule has 1 amide bonds. The SMILES string of the molecule is Cc1cccc(NCC(=O)Nc2cccc(Cl)c2)c1C. The lowest BCUT2D eigenvalue weighted by Gasteiger charge is -2.11. The Morgan fingerprint density at radius 2 is 1.90 bits per heavy atom. The van der Waals surface area contributed by atoms with E-state index in [9.17, 15) is 4.79 Å². The smallest absolute Gasteiger partial charge is 0.243 e. The molecule has 0 atom stereocenters. The molecule has 3 nitrogen and oxygen atoms in total. The van der Waals surface area contributed by atoms with Gasteiger partial charge in [0.25, 0.3) is 0 Å². The summed E-state index contributed by atoms with van der Waals surface area (Å²) in [6.07, 6.45) is 0. The first kappa shape index (κ1) is 14.4. The molecule has 2 N–H and O–H groups in total. The van der Waals surface area contributed by atoms with Crippen molar-refractivity contribution in [2.45, 2.75) is 13.8 Å². The maximum atomic E-state index is 11.9. The first-order valence-electron chi connectivity index (χ1n) is 6.42. The summed E-state index contributed by atoms with van der Waals surface area (Å²) < 4.78 is 0. The number of carbonyl (C=O) groups excluding carboxylic acids is 1. The molecule has 0 spiro atoms. The van der Waals surface area contributed by atoms with Gasteiger partial charge in [0.2, 0.25) is 5.91 Å². The van der Waals surface area contributed by atoms with Gasteiger partial charge in [0.1, 0.15) is 0 Å². The van der Waals surface area contributed by atoms with Crippen molar-refractivity contribution in [3.8, 4) is 0 Å². The summed E-state index contributed by atoms with van der Waals surface area (Å²) in [5, 5.41) is 6.55. The van der Waals surface area contributed by atoms with Gasteiger partial charge >= 0.3 is 0 Å². The highest BCUT2D eigenvalue weighted by Gasteiger charge is 2.05. The van der Waals surface area contributed by atoms with Crippen LogP contribution in [-0.2, 0) is 4.79 Å². The number of hydrogen-bond acceptors (Lipinski definition) is 2. The topological polar surface area (TPSA) is 41.1 Å². The molecule has 0 aliphatic heterocycles. The Kier molecular flexibility index (Phi) is 4.64. The van der Waals surface area contributed by atoms with Gasteiger partial charge in [-0.1, -0.05) is 29.8 Å². The largest absolute Gasteiger partial charge is 0.376 e. The lowest BCUT2D eigenvalue weighted by atomic mass is 10.1. The van der Waals surface area contributed by atoms with E-state index in [1.807, 2.05) is 38.1 Å². The maximum Gasteiger partial charge on any atom is 0.243 e. The fourth-order valence-electron chi connectivity index (χ4n) is 1.89. The molecule has 2 rings (SSSR count). The van der Waals surface area contributed by atoms with Crippen LogP contribution >= 0.6 is 11.6 Å². The van der Waals surface area contributed by atoms with Gasteiger partial charge in [-0.15, -0.1) is 0 Å². The number of aryl methyl sites for hydroxylation is 1. The molecule has 4 heteroatoms. The molecule has 0 unspecified atom stereocenters. The Hall–Kier alpha value is -2.00. The van der Waals surface area contributed by atoms with E-state index in [0.717, 1.165) is 11.3 Å². The molecule has 20 heavy (non-hydrogen) atoms. The minimum absolute atomic E-state index is 0.104. The molecule has 0 saturated carbocycles. The fourth-order valence-corrected chi connectivity index (χ4v) is 2.08. The molecule has 0 bridgehead atoms. The number of amides is 1. The molecule has 104 valence electrons. The van der Waals surface area contributed by atoms with Crippen molar-refractivity contribution in [3.05, 3.63) is 58.6 Å². The molecule has 0 fully saturated rings. The highest BCUT2D eigenvalue weighted by atomic mass is 35.5. The summed E-state index contributed by atoms with van der Waals surface area (Å²) >= 11 is 5.87. The Morgan fingerprint density at radius 1 is 1.15 bits per heavy atom. The van der Waals surface area contributed by atoms with E-state index >= 15 is 0 Å². The van der Waals surface area contributed by atoms with Crippen LogP contribution in [0.3, 0.4) is 0 Å². The third-order valence-corrected chi connectivity index (χ3v) is 3.39. The summed E-state index contributed by atoms with van der Waals surface area (Å²) in [6.45, 7) is 4.30. The van der Waals surface area contributed by atoms with E-state index in [4.69, 9.17) is 11.6 Å². The second kappa shape index (κ2) is 6.44. The van der Waals surface area contributed by atoms with Crippen LogP contribution < -0.4 is 10.6 Å². The predicted octanol–water partition coefficient (Wildman–Crippen LogP) is 4.01. The molecule has 2 aromatic rings. The van der Waals surface area contributed by atoms with Crippen LogP contribution in [-0.4, -0.2) is 12.5 Å². The van der Waals surface area contributed by atoms with Crippen LogP contribution in [0.4, 0.5) is 11.4 Å². The number of rotatable bonds is 4. The van der Waals surface area contributed by atoms with Crippen molar-refractivity contribution in [2.24, 2.45) is 0 Å². The zero-order chi connectivity index (χ0) is 14.5. The number of anilines is 2. The normalized spacial score (nSPS) is 10.2. The molecule has 0 saturated heterocycles. The van der Waals surface area contributed by atoms with Crippen LogP contribution in [0.25, 0.3) is 0 Å². The average Bonchev–Trinajstić information content (AvgIpc) is 2.40. The third-order valence-electron chi connectivity index (χ3n) is 3.15. The van der Waals surface area contributed by atoms with Gasteiger partial charge in [-0.3, -0.25) is 4.79 Å². The van der Waals surface area contributed by atoms with E-state index in [-0.39, 0.29) is 12.5 Å². The standard InChI is InChI=1S/C16H17ClN2O/c1-11-5-3-8-15(12(11)2)18-10-16(20)19-14-7-4-6-13(17)9-14/h3-9,18H,10H2,1-2H3,(H,19,20). The second-order valence-corrected chi connectivity index (χ2v) is 5.10. The minimum Gasteiger partial charge on any atom is -0.376 e. The van der Waals surface area contributed by atoms with E-state index in [1.54, 1.807) is 18.2 Å². The quantitative estimate of drug-likeness (QED) is 0.892. The van der Waals surface area contributed by atoms with Crippen molar-refractivity contribution in [2.75, 3.05) is 17.2 Å². The van der Waals surface area contributed by atoms with E-state index < -0.39 is 0 Å². The Labute approximate surface area is 124 Å². The molecule has 0 aliphatic rings. The zero-order valence-corrected chi connectivity index (χ0v) is 12.3. The van der Waals surface area contributed by atoms with E-state index in [1.165, 1.54) is 5.56 Å². The lowest BCUT2D eigenvalue weighted by Crippen LogP contribution is -2.22. The number of nitrogens with one attached hydrogen (secondary N) is 2. The number of carbonyl (C=O) groups is 1. The van der Waals surface area contributed by atoms with Crippen LogP contribution in [0, 0.1) is 13.8 Å². The zero-order valence-electron chi connectivity index (χ0n) is 11.5. The summed E-state index contributed by atoms with van der Waals surface area (Å²) in [7, 11) is 0. The first-order valence-corrected chi connectivity index (χ1v) is 6.79. The van der Waals surface area contributed by atoms with Crippen molar-refractivity contribution < 1.29 is 4.79 Å². The van der Waals surface area contributed by atoms with Crippen molar-refractivity contribution >= 4 is 28.9 Å². The summed E-state index contributed by atoms with van der Waals surface area (Å²) in [5.74, 6) is -0.104. The highest BCUT2D eigenvalue weighted by Crippen LogP contribution is 2.18. The number of halogens is 1. The highest BCUT2D eigenvalue weighted by molar-refractivity contribution is 6.30. The second-order valence-electron chi connectivity index (χ2n) is 4.66. The third kappa shape index (κ3) is 3.75. The van der Waals surface area contributed by atoms with Crippen molar-refractivity contribution in [3.63, 3.8) is 0 Å². The maximum absolute atomic E-state index is 11.9. The lowest BCUT2D eigenvalue weighted by molar-refractivity contribution is -0.114. The monoisotopic (exact) mass is 288 g/mol. The summed E-state index contributed by atoms with van der Waals surface area (Å²) in [6, 6.07) is 13.1. The molecule has 0 heterocycles. The van der Waals surface area contributed by atoms with Gasteiger partial charge in [0.05, 0.1) is 6.54 Å². The molecule has 0 aromatic heterocycles.